The van der Waals surface area contributed by atoms with Crippen molar-refractivity contribution in [1.82, 2.24) is 9.21 Å². The SMILES string of the molecule is COc1ccc(C2=COc3cc(OCCCCN4CCC(N(C(C)(C)C)S(=O)(=O)c5ccccc5)CC4)ccc3C2O)cc1. The molecule has 1 atom stereocenters. The van der Waals surface area contributed by atoms with Gasteiger partial charge in [0.05, 0.1) is 24.9 Å². The average Bonchev–Trinajstić information content (AvgIpc) is 3.01. The lowest BCUT2D eigenvalue weighted by Gasteiger charge is -2.44. The first kappa shape index (κ1) is 32.0. The second-order valence-corrected chi connectivity index (χ2v) is 14.2. The zero-order valence-electron chi connectivity index (χ0n) is 26.1. The smallest absolute Gasteiger partial charge is 0.243 e. The molecule has 0 aliphatic carbocycles. The van der Waals surface area contributed by atoms with Crippen LogP contribution in [0.2, 0.25) is 0 Å². The number of likely N-dealkylation sites (tertiary alicyclic amines) is 1. The molecule has 5 rings (SSSR count). The summed E-state index contributed by atoms with van der Waals surface area (Å²) in [5.41, 5.74) is 1.77. The molecule has 3 aromatic rings. The molecule has 0 amide bonds. The Morgan fingerprint density at radius 2 is 1.64 bits per heavy atom. The topological polar surface area (TPSA) is 88.5 Å². The van der Waals surface area contributed by atoms with E-state index in [1.807, 2.05) is 69.3 Å². The van der Waals surface area contributed by atoms with Crippen LogP contribution in [0.3, 0.4) is 0 Å². The van der Waals surface area contributed by atoms with Gasteiger partial charge in [0.25, 0.3) is 0 Å². The highest BCUT2D eigenvalue weighted by molar-refractivity contribution is 7.89. The number of sulfonamides is 1. The Kier molecular flexibility index (Phi) is 10.00. The fraction of sp³-hybridized carbons (Fsp3) is 0.429. The number of fused-ring (bicyclic) bond motifs is 1. The monoisotopic (exact) mass is 620 g/mol. The summed E-state index contributed by atoms with van der Waals surface area (Å²) in [5.74, 6) is 2.06. The van der Waals surface area contributed by atoms with Crippen molar-refractivity contribution in [2.24, 2.45) is 0 Å². The molecule has 0 aromatic heterocycles. The van der Waals surface area contributed by atoms with E-state index in [1.165, 1.54) is 0 Å². The highest BCUT2D eigenvalue weighted by Crippen LogP contribution is 2.41. The largest absolute Gasteiger partial charge is 0.497 e. The van der Waals surface area contributed by atoms with Crippen LogP contribution in [0.5, 0.6) is 17.2 Å². The molecular formula is C35H44N2O6S. The Labute approximate surface area is 261 Å². The van der Waals surface area contributed by atoms with Crippen molar-refractivity contribution in [3.8, 4) is 17.2 Å². The highest BCUT2D eigenvalue weighted by atomic mass is 32.2. The fourth-order valence-electron chi connectivity index (χ4n) is 6.12. The van der Waals surface area contributed by atoms with E-state index in [0.717, 1.165) is 56.6 Å². The maximum atomic E-state index is 13.6. The van der Waals surface area contributed by atoms with Gasteiger partial charge in [0.15, 0.2) is 0 Å². The summed E-state index contributed by atoms with van der Waals surface area (Å²) in [4.78, 5) is 2.78. The van der Waals surface area contributed by atoms with Crippen LogP contribution in [0.25, 0.3) is 5.57 Å². The van der Waals surface area contributed by atoms with E-state index in [9.17, 15) is 13.5 Å². The summed E-state index contributed by atoms with van der Waals surface area (Å²) in [6, 6.07) is 21.8. The molecule has 0 saturated carbocycles. The molecule has 3 aromatic carbocycles. The van der Waals surface area contributed by atoms with E-state index in [-0.39, 0.29) is 6.04 Å². The van der Waals surface area contributed by atoms with E-state index in [2.05, 4.69) is 4.90 Å². The third kappa shape index (κ3) is 7.29. The van der Waals surface area contributed by atoms with Gasteiger partial charge in [0.1, 0.15) is 23.4 Å². The molecule has 1 N–H and O–H groups in total. The van der Waals surface area contributed by atoms with Crippen molar-refractivity contribution in [3.05, 3.63) is 90.2 Å². The number of piperidine rings is 1. The molecule has 1 saturated heterocycles. The molecule has 1 fully saturated rings. The molecule has 44 heavy (non-hydrogen) atoms. The van der Waals surface area contributed by atoms with Crippen LogP contribution in [-0.4, -0.2) is 67.7 Å². The molecule has 9 heteroatoms. The number of nitrogens with zero attached hydrogens (tertiary/aromatic N) is 2. The van der Waals surface area contributed by atoms with Gasteiger partial charge in [-0.3, -0.25) is 0 Å². The minimum absolute atomic E-state index is 0.0216. The number of rotatable bonds is 11. The fourth-order valence-corrected chi connectivity index (χ4v) is 8.17. The van der Waals surface area contributed by atoms with Crippen molar-refractivity contribution in [1.29, 1.82) is 0 Å². The predicted molar refractivity (Wildman–Crippen MR) is 172 cm³/mol. The zero-order valence-corrected chi connectivity index (χ0v) is 26.9. The van der Waals surface area contributed by atoms with Gasteiger partial charge in [-0.25, -0.2) is 8.42 Å². The van der Waals surface area contributed by atoms with Crippen molar-refractivity contribution in [2.75, 3.05) is 33.4 Å². The van der Waals surface area contributed by atoms with Gasteiger partial charge < -0.3 is 24.2 Å². The van der Waals surface area contributed by atoms with Crippen LogP contribution in [0, 0.1) is 0 Å². The Morgan fingerprint density at radius 3 is 2.30 bits per heavy atom. The standard InChI is InChI=1S/C35H44N2O6S/c1-35(2,3)37(44(39,40)30-10-6-5-7-11-30)27-18-21-36(22-19-27)20-8-9-23-42-29-16-17-31-33(24-29)43-25-32(34(31)38)26-12-14-28(41-4)15-13-26/h5-7,10-17,24-25,27,34,38H,8-9,18-23H2,1-4H3. The Hall–Kier alpha value is -3.37. The van der Waals surface area contributed by atoms with Gasteiger partial charge in [-0.05, 0) is 108 Å². The molecule has 0 radical (unpaired) electrons. The molecule has 2 aliphatic heterocycles. The summed E-state index contributed by atoms with van der Waals surface area (Å²) >= 11 is 0. The first-order chi connectivity index (χ1) is 21.1. The van der Waals surface area contributed by atoms with Crippen LogP contribution in [0.4, 0.5) is 0 Å². The minimum atomic E-state index is -3.59. The highest BCUT2D eigenvalue weighted by Gasteiger charge is 2.40. The van der Waals surface area contributed by atoms with Crippen molar-refractivity contribution >= 4 is 15.6 Å². The quantitative estimate of drug-likeness (QED) is 0.253. The Balaban J connectivity index is 1.07. The summed E-state index contributed by atoms with van der Waals surface area (Å²) in [5, 5.41) is 11.0. The van der Waals surface area contributed by atoms with E-state index in [0.29, 0.717) is 34.1 Å². The van der Waals surface area contributed by atoms with E-state index >= 15 is 0 Å². The van der Waals surface area contributed by atoms with Crippen LogP contribution in [0.15, 0.2) is 84.0 Å². The van der Waals surface area contributed by atoms with Crippen molar-refractivity contribution in [2.45, 2.75) is 69.0 Å². The van der Waals surface area contributed by atoms with Crippen LogP contribution in [-0.2, 0) is 10.0 Å². The number of hydrogen-bond donors (Lipinski definition) is 1. The Bertz CT molecular complexity index is 1530. The van der Waals surface area contributed by atoms with Gasteiger partial charge in [0.2, 0.25) is 10.0 Å². The summed E-state index contributed by atoms with van der Waals surface area (Å²) < 4.78 is 46.0. The molecule has 8 nitrogen and oxygen atoms in total. The van der Waals surface area contributed by atoms with Crippen molar-refractivity contribution in [3.63, 3.8) is 0 Å². The number of hydrogen-bond acceptors (Lipinski definition) is 7. The van der Waals surface area contributed by atoms with Crippen LogP contribution < -0.4 is 14.2 Å². The van der Waals surface area contributed by atoms with E-state index in [4.69, 9.17) is 14.2 Å². The molecule has 1 unspecified atom stereocenters. The summed E-state index contributed by atoms with van der Waals surface area (Å²) in [6.07, 6.45) is 4.33. The maximum absolute atomic E-state index is 13.6. The van der Waals surface area contributed by atoms with Gasteiger partial charge in [-0.2, -0.15) is 4.31 Å². The summed E-state index contributed by atoms with van der Waals surface area (Å²) in [6.45, 7) is 9.22. The van der Waals surface area contributed by atoms with Crippen molar-refractivity contribution < 1.29 is 27.7 Å². The molecule has 2 aliphatic rings. The van der Waals surface area contributed by atoms with Gasteiger partial charge >= 0.3 is 0 Å². The molecular weight excluding hydrogens is 576 g/mol. The number of ether oxygens (including phenoxy) is 3. The molecule has 2 heterocycles. The average molecular weight is 621 g/mol. The van der Waals surface area contributed by atoms with E-state index in [1.54, 1.807) is 41.9 Å². The zero-order chi connectivity index (χ0) is 31.3. The third-order valence-corrected chi connectivity index (χ3v) is 10.5. The molecule has 236 valence electrons. The second-order valence-electron chi connectivity index (χ2n) is 12.4. The first-order valence-corrected chi connectivity index (χ1v) is 16.8. The number of benzene rings is 3. The van der Waals surface area contributed by atoms with Gasteiger partial charge in [-0.15, -0.1) is 0 Å². The number of aliphatic hydroxyl groups excluding tert-OH is 1. The predicted octanol–water partition coefficient (Wildman–Crippen LogP) is 6.27. The normalized spacial score (nSPS) is 18.0. The minimum Gasteiger partial charge on any atom is -0.497 e. The van der Waals surface area contributed by atoms with Gasteiger partial charge in [-0.1, -0.05) is 30.3 Å². The van der Waals surface area contributed by atoms with Gasteiger partial charge in [0, 0.05) is 28.8 Å². The van der Waals surface area contributed by atoms with E-state index < -0.39 is 21.7 Å². The third-order valence-electron chi connectivity index (χ3n) is 8.30. The lowest BCUT2D eigenvalue weighted by atomic mass is 9.94. The number of aliphatic hydroxyl groups is 1. The van der Waals surface area contributed by atoms with Crippen LogP contribution in [0.1, 0.15) is 63.7 Å². The maximum Gasteiger partial charge on any atom is 0.243 e. The number of methoxy groups -OCH3 is 1. The Morgan fingerprint density at radius 1 is 0.955 bits per heavy atom. The lowest BCUT2D eigenvalue weighted by molar-refractivity contribution is 0.110. The van der Waals surface area contributed by atoms with Crippen LogP contribution >= 0.6 is 0 Å². The summed E-state index contributed by atoms with van der Waals surface area (Å²) in [7, 11) is -1.96. The molecule has 0 spiro atoms. The first-order valence-electron chi connectivity index (χ1n) is 15.4. The molecule has 0 bridgehead atoms. The number of unbranched alkanes of at least 4 members (excludes halogenated alkanes) is 1. The lowest BCUT2D eigenvalue weighted by Crippen LogP contribution is -2.54. The second kappa shape index (κ2) is 13.7.